The average Bonchev–Trinajstić information content (AvgIpc) is 2.89. The van der Waals surface area contributed by atoms with Gasteiger partial charge in [0.15, 0.2) is 0 Å². The maximum absolute atomic E-state index is 13.2. The second-order valence-electron chi connectivity index (χ2n) is 8.92. The molecule has 0 spiro atoms. The van der Waals surface area contributed by atoms with E-state index in [1.807, 2.05) is 38.1 Å². The van der Waals surface area contributed by atoms with Crippen LogP contribution in [0, 0.1) is 19.8 Å². The Morgan fingerprint density at radius 2 is 1.81 bits per heavy atom. The first-order chi connectivity index (χ1) is 17.7. The molecule has 0 radical (unpaired) electrons. The number of carbonyl (C=O) groups excluding carboxylic acids is 1. The van der Waals surface area contributed by atoms with E-state index in [2.05, 4.69) is 20.0 Å². The van der Waals surface area contributed by atoms with Gasteiger partial charge in [0.05, 0.1) is 35.2 Å². The van der Waals surface area contributed by atoms with Crippen LogP contribution in [0.3, 0.4) is 0 Å². The lowest BCUT2D eigenvalue weighted by Crippen LogP contribution is -2.32. The fourth-order valence-corrected chi connectivity index (χ4v) is 5.19. The van der Waals surface area contributed by atoms with Gasteiger partial charge in [-0.15, -0.1) is 0 Å². The van der Waals surface area contributed by atoms with Gasteiger partial charge in [-0.25, -0.2) is 14.2 Å². The number of nitrogens with zero attached hydrogens (tertiary/aromatic N) is 3. The van der Waals surface area contributed by atoms with Crippen molar-refractivity contribution in [1.82, 2.24) is 19.9 Å². The molecule has 4 aromatic rings. The number of amides is 1. The Labute approximate surface area is 217 Å². The number of benzene rings is 2. The molecule has 0 aliphatic carbocycles. The lowest BCUT2D eigenvalue weighted by Gasteiger charge is -2.14. The SMILES string of the molecule is CNC(=O)C(C)Cn1cnc2ccc(-c3cnc(OC)c(NS(=O)c4cc(C)cc(C)c4)c3)cc2c1=O. The van der Waals surface area contributed by atoms with Gasteiger partial charge in [-0.2, -0.15) is 0 Å². The summed E-state index contributed by atoms with van der Waals surface area (Å²) in [5.41, 5.74) is 4.25. The standard InChI is InChI=1S/C27H29N5O4S/c1-16-8-17(2)10-21(9-16)37(35)31-24-12-20(13-29-26(24)36-5)19-6-7-23-22(11-19)27(34)32(15-30-23)14-18(3)25(33)28-4/h6-13,15,18,31H,14H2,1-5H3,(H,28,33). The molecule has 0 aliphatic rings. The molecule has 1 amide bonds. The van der Waals surface area contributed by atoms with Gasteiger partial charge >= 0.3 is 0 Å². The minimum atomic E-state index is -1.54. The molecule has 2 N–H and O–H groups in total. The van der Waals surface area contributed by atoms with Gasteiger partial charge in [0.2, 0.25) is 11.8 Å². The molecule has 0 aliphatic heterocycles. The Bertz CT molecular complexity index is 1550. The van der Waals surface area contributed by atoms with Crippen LogP contribution < -0.4 is 20.3 Å². The molecule has 37 heavy (non-hydrogen) atoms. The van der Waals surface area contributed by atoms with Crippen LogP contribution in [0.1, 0.15) is 18.1 Å². The first-order valence-corrected chi connectivity index (χ1v) is 12.9. The summed E-state index contributed by atoms with van der Waals surface area (Å²) < 4.78 is 22.9. The third-order valence-electron chi connectivity index (χ3n) is 5.98. The lowest BCUT2D eigenvalue weighted by atomic mass is 10.0. The number of nitrogens with one attached hydrogen (secondary N) is 2. The number of aromatic nitrogens is 3. The number of carbonyl (C=O) groups is 1. The third kappa shape index (κ3) is 5.69. The molecular formula is C27H29N5O4S. The van der Waals surface area contributed by atoms with E-state index in [1.54, 1.807) is 38.4 Å². The van der Waals surface area contributed by atoms with Crippen molar-refractivity contribution in [2.24, 2.45) is 5.92 Å². The summed E-state index contributed by atoms with van der Waals surface area (Å²) >= 11 is 0. The van der Waals surface area contributed by atoms with Crippen molar-refractivity contribution in [3.63, 3.8) is 0 Å². The number of hydrogen-bond acceptors (Lipinski definition) is 6. The van der Waals surface area contributed by atoms with Crippen LogP contribution in [-0.4, -0.2) is 38.8 Å². The highest BCUT2D eigenvalue weighted by Gasteiger charge is 2.16. The third-order valence-corrected chi connectivity index (χ3v) is 7.05. The van der Waals surface area contributed by atoms with Crippen molar-refractivity contribution in [3.8, 4) is 17.0 Å². The van der Waals surface area contributed by atoms with Crippen molar-refractivity contribution in [3.05, 3.63) is 76.5 Å². The van der Waals surface area contributed by atoms with E-state index in [1.165, 1.54) is 18.0 Å². The fraction of sp³-hybridized carbons (Fsp3) is 0.259. The summed E-state index contributed by atoms with van der Waals surface area (Å²) in [6, 6.07) is 12.9. The Morgan fingerprint density at radius 3 is 2.49 bits per heavy atom. The quantitative estimate of drug-likeness (QED) is 0.368. The summed E-state index contributed by atoms with van der Waals surface area (Å²) in [5, 5.41) is 3.02. The van der Waals surface area contributed by atoms with Crippen LogP contribution in [0.25, 0.3) is 22.0 Å². The zero-order chi connectivity index (χ0) is 26.7. The van der Waals surface area contributed by atoms with Crippen molar-refractivity contribution >= 4 is 33.5 Å². The molecule has 2 aromatic heterocycles. The van der Waals surface area contributed by atoms with Gasteiger partial charge in [0.1, 0.15) is 16.7 Å². The van der Waals surface area contributed by atoms with Crippen molar-refractivity contribution in [2.75, 3.05) is 18.9 Å². The van der Waals surface area contributed by atoms with Crippen molar-refractivity contribution in [2.45, 2.75) is 32.2 Å². The minimum absolute atomic E-state index is 0.150. The molecule has 0 saturated carbocycles. The molecule has 192 valence electrons. The number of hydrogen-bond donors (Lipinski definition) is 2. The Morgan fingerprint density at radius 1 is 1.08 bits per heavy atom. The van der Waals surface area contributed by atoms with Gasteiger partial charge in [-0.3, -0.25) is 18.9 Å². The molecule has 0 fully saturated rings. The highest BCUT2D eigenvalue weighted by atomic mass is 32.2. The van der Waals surface area contributed by atoms with E-state index in [0.717, 1.165) is 16.7 Å². The molecule has 0 bridgehead atoms. The number of pyridine rings is 1. The van der Waals surface area contributed by atoms with Crippen LogP contribution in [0.4, 0.5) is 5.69 Å². The van der Waals surface area contributed by atoms with E-state index in [-0.39, 0.29) is 23.9 Å². The molecule has 9 nitrogen and oxygen atoms in total. The van der Waals surface area contributed by atoms with E-state index in [4.69, 9.17) is 4.74 Å². The summed E-state index contributed by atoms with van der Waals surface area (Å²) in [6.45, 7) is 5.88. The van der Waals surface area contributed by atoms with Crippen LogP contribution in [0.5, 0.6) is 5.88 Å². The molecule has 0 saturated heterocycles. The highest BCUT2D eigenvalue weighted by Crippen LogP contribution is 2.30. The maximum atomic E-state index is 13.2. The number of fused-ring (bicyclic) bond motifs is 1. The van der Waals surface area contributed by atoms with E-state index in [9.17, 15) is 13.8 Å². The van der Waals surface area contributed by atoms with Crippen LogP contribution >= 0.6 is 0 Å². The summed E-state index contributed by atoms with van der Waals surface area (Å²) in [6.07, 6.45) is 3.09. The number of anilines is 1. The van der Waals surface area contributed by atoms with Gasteiger partial charge in [-0.1, -0.05) is 19.1 Å². The summed E-state index contributed by atoms with van der Waals surface area (Å²) in [7, 11) is 1.53. The predicted molar refractivity (Wildman–Crippen MR) is 145 cm³/mol. The second-order valence-corrected chi connectivity index (χ2v) is 10.1. The van der Waals surface area contributed by atoms with E-state index < -0.39 is 11.0 Å². The second kappa shape index (κ2) is 10.9. The zero-order valence-corrected chi connectivity index (χ0v) is 22.2. The van der Waals surface area contributed by atoms with E-state index in [0.29, 0.717) is 32.9 Å². The minimum Gasteiger partial charge on any atom is -0.480 e. The van der Waals surface area contributed by atoms with Crippen molar-refractivity contribution < 1.29 is 13.7 Å². The number of rotatable bonds is 8. The van der Waals surface area contributed by atoms with Crippen LogP contribution in [0.15, 0.2) is 64.7 Å². The zero-order valence-electron chi connectivity index (χ0n) is 21.4. The highest BCUT2D eigenvalue weighted by molar-refractivity contribution is 7.86. The molecule has 2 unspecified atom stereocenters. The van der Waals surface area contributed by atoms with Gasteiger partial charge in [0, 0.05) is 25.4 Å². The van der Waals surface area contributed by atoms with Gasteiger partial charge in [-0.05, 0) is 60.9 Å². The first-order valence-electron chi connectivity index (χ1n) is 11.7. The topological polar surface area (TPSA) is 115 Å². The lowest BCUT2D eigenvalue weighted by molar-refractivity contribution is -0.124. The molecule has 4 rings (SSSR count). The molecule has 2 heterocycles. The average molecular weight is 520 g/mol. The fourth-order valence-electron chi connectivity index (χ4n) is 4.14. The normalized spacial score (nSPS) is 12.7. The van der Waals surface area contributed by atoms with E-state index >= 15 is 0 Å². The molecular weight excluding hydrogens is 490 g/mol. The molecule has 10 heteroatoms. The van der Waals surface area contributed by atoms with Gasteiger partial charge < -0.3 is 10.1 Å². The Hall–Kier alpha value is -4.05. The first kappa shape index (κ1) is 26.0. The summed E-state index contributed by atoms with van der Waals surface area (Å²) in [5.74, 6) is -0.236. The molecule has 2 aromatic carbocycles. The molecule has 2 atom stereocenters. The predicted octanol–water partition coefficient (Wildman–Crippen LogP) is 3.60. The smallest absolute Gasteiger partial charge is 0.261 e. The number of ether oxygens (including phenoxy) is 1. The Balaban J connectivity index is 1.69. The number of methoxy groups -OCH3 is 1. The Kier molecular flexibility index (Phi) is 7.68. The number of aryl methyl sites for hydroxylation is 2. The van der Waals surface area contributed by atoms with Crippen molar-refractivity contribution in [1.29, 1.82) is 0 Å². The van der Waals surface area contributed by atoms with Crippen LogP contribution in [0.2, 0.25) is 0 Å². The summed E-state index contributed by atoms with van der Waals surface area (Å²) in [4.78, 5) is 34.5. The maximum Gasteiger partial charge on any atom is 0.261 e. The largest absolute Gasteiger partial charge is 0.480 e. The monoisotopic (exact) mass is 519 g/mol. The van der Waals surface area contributed by atoms with Gasteiger partial charge in [0.25, 0.3) is 5.56 Å². The van der Waals surface area contributed by atoms with Crippen LogP contribution in [-0.2, 0) is 22.3 Å².